The lowest BCUT2D eigenvalue weighted by atomic mass is 10.0. The summed E-state index contributed by atoms with van der Waals surface area (Å²) in [6.07, 6.45) is 3.39. The summed E-state index contributed by atoms with van der Waals surface area (Å²) >= 11 is 0. The van der Waals surface area contributed by atoms with Crippen LogP contribution in [0.1, 0.15) is 61.1 Å². The summed E-state index contributed by atoms with van der Waals surface area (Å²) < 4.78 is 18.8. The van der Waals surface area contributed by atoms with Crippen molar-refractivity contribution in [3.8, 4) is 35.3 Å². The average Bonchev–Trinajstić information content (AvgIpc) is 2.88. The van der Waals surface area contributed by atoms with Crippen molar-refractivity contribution < 1.29 is 14.2 Å². The van der Waals surface area contributed by atoms with Crippen molar-refractivity contribution in [3.63, 3.8) is 0 Å². The van der Waals surface area contributed by atoms with Gasteiger partial charge in [0, 0.05) is 5.56 Å². The minimum Gasteiger partial charge on any atom is -0.424 e. The SMILES string of the molecule is C=C(C)Cc1cc(C)ccc1Oc1nc(Oc2ccc(C)cc2C=C(C)C)nc(Oc2ccc(C)cc2CC(=C)C)n1. The van der Waals surface area contributed by atoms with Gasteiger partial charge in [0.15, 0.2) is 0 Å². The van der Waals surface area contributed by atoms with Crippen molar-refractivity contribution >= 4 is 6.08 Å². The molecule has 0 atom stereocenters. The first-order valence-corrected chi connectivity index (χ1v) is 14.0. The molecule has 0 bridgehead atoms. The molecule has 0 saturated carbocycles. The Balaban J connectivity index is 1.79. The molecule has 0 aliphatic rings. The van der Waals surface area contributed by atoms with E-state index >= 15 is 0 Å². The molecule has 0 spiro atoms. The highest BCUT2D eigenvalue weighted by Gasteiger charge is 2.17. The molecule has 6 nitrogen and oxygen atoms in total. The molecule has 4 aromatic rings. The van der Waals surface area contributed by atoms with E-state index in [1.54, 1.807) is 0 Å². The molecule has 0 unspecified atom stereocenters. The van der Waals surface area contributed by atoms with E-state index in [-0.39, 0.29) is 18.0 Å². The van der Waals surface area contributed by atoms with E-state index in [9.17, 15) is 0 Å². The van der Waals surface area contributed by atoms with Crippen molar-refractivity contribution in [3.05, 3.63) is 118 Å². The zero-order chi connectivity index (χ0) is 30.4. The quantitative estimate of drug-likeness (QED) is 0.170. The zero-order valence-electron chi connectivity index (χ0n) is 25.7. The predicted octanol–water partition coefficient (Wildman–Crippen LogP) is 9.83. The fraction of sp³-hybridized carbons (Fsp3) is 0.250. The lowest BCUT2D eigenvalue weighted by molar-refractivity contribution is 0.359. The van der Waals surface area contributed by atoms with Gasteiger partial charge in [0.2, 0.25) is 0 Å². The summed E-state index contributed by atoms with van der Waals surface area (Å²) in [6.45, 7) is 22.3. The molecule has 0 aliphatic carbocycles. The molecule has 42 heavy (non-hydrogen) atoms. The van der Waals surface area contributed by atoms with Crippen molar-refractivity contribution in [2.75, 3.05) is 0 Å². The summed E-state index contributed by atoms with van der Waals surface area (Å²) in [5.74, 6) is 1.87. The van der Waals surface area contributed by atoms with Gasteiger partial charge in [-0.1, -0.05) is 83.0 Å². The third-order valence-corrected chi connectivity index (χ3v) is 6.20. The second-order valence-corrected chi connectivity index (χ2v) is 11.2. The number of benzene rings is 3. The van der Waals surface area contributed by atoms with E-state index in [1.165, 1.54) is 0 Å². The van der Waals surface area contributed by atoms with Crippen LogP contribution in [-0.4, -0.2) is 15.0 Å². The fourth-order valence-corrected chi connectivity index (χ4v) is 4.48. The number of nitrogens with zero attached hydrogens (tertiary/aromatic N) is 3. The van der Waals surface area contributed by atoms with Crippen LogP contribution in [0.2, 0.25) is 0 Å². The molecular formula is C36H39N3O3. The van der Waals surface area contributed by atoms with Crippen molar-refractivity contribution in [1.29, 1.82) is 0 Å². The minimum atomic E-state index is 0.0596. The fourth-order valence-electron chi connectivity index (χ4n) is 4.48. The Morgan fingerprint density at radius 2 is 0.976 bits per heavy atom. The lowest BCUT2D eigenvalue weighted by Gasteiger charge is -2.15. The Morgan fingerprint density at radius 3 is 1.38 bits per heavy atom. The normalized spacial score (nSPS) is 10.6. The highest BCUT2D eigenvalue weighted by molar-refractivity contribution is 5.60. The molecule has 1 aromatic heterocycles. The monoisotopic (exact) mass is 561 g/mol. The third-order valence-electron chi connectivity index (χ3n) is 6.20. The minimum absolute atomic E-state index is 0.0596. The zero-order valence-corrected chi connectivity index (χ0v) is 25.7. The largest absolute Gasteiger partial charge is 0.424 e. The topological polar surface area (TPSA) is 66.4 Å². The Hall–Kier alpha value is -4.71. The number of rotatable bonds is 11. The third kappa shape index (κ3) is 8.40. The molecule has 216 valence electrons. The standard InChI is InChI=1S/C36H39N3O3/c1-22(2)16-28-19-25(7)10-13-31(28)40-34-37-35(41-32-14-11-26(8)20-29(32)17-23(3)4)39-36(38-34)42-33-15-12-27(9)21-30(33)18-24(5)6/h10-15,18-21H,1,3,16-17H2,2,4-9H3. The average molecular weight is 562 g/mol. The first-order chi connectivity index (χ1) is 19.9. The maximum Gasteiger partial charge on any atom is 0.331 e. The van der Waals surface area contributed by atoms with Gasteiger partial charge in [0.05, 0.1) is 0 Å². The summed E-state index contributed by atoms with van der Waals surface area (Å²) in [7, 11) is 0. The molecule has 0 saturated heterocycles. The highest BCUT2D eigenvalue weighted by Crippen LogP contribution is 2.33. The van der Waals surface area contributed by atoms with E-state index < -0.39 is 0 Å². The van der Waals surface area contributed by atoms with Crippen LogP contribution < -0.4 is 14.2 Å². The van der Waals surface area contributed by atoms with Crippen LogP contribution in [0.25, 0.3) is 6.08 Å². The van der Waals surface area contributed by atoms with Crippen LogP contribution in [0.4, 0.5) is 0 Å². The molecule has 0 radical (unpaired) electrons. The van der Waals surface area contributed by atoms with E-state index in [0.29, 0.717) is 30.1 Å². The van der Waals surface area contributed by atoms with Gasteiger partial charge < -0.3 is 14.2 Å². The van der Waals surface area contributed by atoms with Gasteiger partial charge >= 0.3 is 18.0 Å². The summed E-state index contributed by atoms with van der Waals surface area (Å²) in [5.41, 5.74) is 9.43. The van der Waals surface area contributed by atoms with E-state index in [0.717, 1.165) is 50.1 Å². The predicted molar refractivity (Wildman–Crippen MR) is 170 cm³/mol. The van der Waals surface area contributed by atoms with Gasteiger partial charge in [-0.2, -0.15) is 0 Å². The van der Waals surface area contributed by atoms with Crippen molar-refractivity contribution in [2.24, 2.45) is 0 Å². The Labute approximate surface area is 249 Å². The number of hydrogen-bond acceptors (Lipinski definition) is 6. The Kier molecular flexibility index (Phi) is 9.58. The van der Waals surface area contributed by atoms with Gasteiger partial charge in [-0.25, -0.2) is 0 Å². The van der Waals surface area contributed by atoms with E-state index in [4.69, 9.17) is 14.2 Å². The van der Waals surface area contributed by atoms with Crippen LogP contribution in [0, 0.1) is 20.8 Å². The first kappa shape index (κ1) is 30.3. The van der Waals surface area contributed by atoms with Gasteiger partial charge in [-0.05, 0) is 96.7 Å². The molecule has 1 heterocycles. The summed E-state index contributed by atoms with van der Waals surface area (Å²) in [6, 6.07) is 18.1. The first-order valence-electron chi connectivity index (χ1n) is 14.0. The highest BCUT2D eigenvalue weighted by atomic mass is 16.5. The lowest BCUT2D eigenvalue weighted by Crippen LogP contribution is -2.04. The maximum absolute atomic E-state index is 6.26. The molecule has 6 heteroatoms. The Morgan fingerprint density at radius 1 is 0.595 bits per heavy atom. The maximum atomic E-state index is 6.26. The summed E-state index contributed by atoms with van der Waals surface area (Å²) in [4.78, 5) is 13.6. The molecule has 4 rings (SSSR count). The second kappa shape index (κ2) is 13.3. The van der Waals surface area contributed by atoms with Gasteiger partial charge in [0.25, 0.3) is 0 Å². The van der Waals surface area contributed by atoms with E-state index in [2.05, 4.69) is 52.4 Å². The van der Waals surface area contributed by atoms with Crippen LogP contribution >= 0.6 is 0 Å². The van der Waals surface area contributed by atoms with Crippen LogP contribution in [0.5, 0.6) is 35.3 Å². The number of aryl methyl sites for hydroxylation is 3. The van der Waals surface area contributed by atoms with Crippen molar-refractivity contribution in [1.82, 2.24) is 15.0 Å². The number of aromatic nitrogens is 3. The number of allylic oxidation sites excluding steroid dienone is 3. The molecule has 3 aromatic carbocycles. The van der Waals surface area contributed by atoms with Gasteiger partial charge in [-0.15, -0.1) is 15.0 Å². The Bertz CT molecular complexity index is 1580. The van der Waals surface area contributed by atoms with Crippen LogP contribution in [0.3, 0.4) is 0 Å². The van der Waals surface area contributed by atoms with E-state index in [1.807, 2.05) is 84.9 Å². The number of hydrogen-bond donors (Lipinski definition) is 0. The molecule has 0 amide bonds. The molecule has 0 N–H and O–H groups in total. The molecular weight excluding hydrogens is 522 g/mol. The van der Waals surface area contributed by atoms with Gasteiger partial charge in [0.1, 0.15) is 17.2 Å². The van der Waals surface area contributed by atoms with Gasteiger partial charge in [-0.3, -0.25) is 0 Å². The molecule has 0 aliphatic heterocycles. The smallest absolute Gasteiger partial charge is 0.331 e. The second-order valence-electron chi connectivity index (χ2n) is 11.2. The summed E-state index contributed by atoms with van der Waals surface area (Å²) in [5, 5.41) is 0. The van der Waals surface area contributed by atoms with Crippen LogP contribution in [0.15, 0.2) is 84.5 Å². The van der Waals surface area contributed by atoms with Crippen LogP contribution in [-0.2, 0) is 12.8 Å². The molecule has 0 fully saturated rings. The van der Waals surface area contributed by atoms with Crippen molar-refractivity contribution in [2.45, 2.75) is 61.3 Å². The number of ether oxygens (including phenoxy) is 3.